The number of rotatable bonds is 6. The van der Waals surface area contributed by atoms with Gasteiger partial charge in [0.05, 0.1) is 0 Å². The van der Waals surface area contributed by atoms with E-state index in [2.05, 4.69) is 10.6 Å². The topological polar surface area (TPSA) is 41.1 Å². The molecule has 0 aromatic heterocycles. The quantitative estimate of drug-likeness (QED) is 0.768. The number of carbonyl (C=O) groups excluding carboxylic acids is 1. The van der Waals surface area contributed by atoms with E-state index in [-0.39, 0.29) is 11.6 Å². The zero-order valence-corrected chi connectivity index (χ0v) is 10.6. The maximum absolute atomic E-state index is 12.9. The third-order valence-corrected chi connectivity index (χ3v) is 2.47. The van der Waals surface area contributed by atoms with E-state index in [0.29, 0.717) is 6.54 Å². The van der Waals surface area contributed by atoms with Crippen LogP contribution in [0.15, 0.2) is 18.2 Å². The van der Waals surface area contributed by atoms with Gasteiger partial charge >= 0.3 is 0 Å². The van der Waals surface area contributed by atoms with Gasteiger partial charge in [0.2, 0.25) is 5.91 Å². The van der Waals surface area contributed by atoms with Gasteiger partial charge in [0, 0.05) is 18.3 Å². The molecule has 1 unspecified atom stereocenters. The molecule has 3 nitrogen and oxygen atoms in total. The van der Waals surface area contributed by atoms with Crippen molar-refractivity contribution in [1.29, 1.82) is 0 Å². The van der Waals surface area contributed by atoms with E-state index in [1.807, 2.05) is 6.92 Å². The molecule has 0 aliphatic heterocycles. The van der Waals surface area contributed by atoms with Crippen LogP contribution in [0.4, 0.5) is 14.5 Å². The molecule has 0 fully saturated rings. The molecule has 0 saturated carbocycles. The molecule has 0 saturated heterocycles. The molecule has 0 aliphatic rings. The van der Waals surface area contributed by atoms with E-state index in [1.165, 1.54) is 0 Å². The second-order valence-electron chi connectivity index (χ2n) is 4.17. The molecule has 1 amide bonds. The Morgan fingerprint density at radius 1 is 1.28 bits per heavy atom. The standard InChI is InChI=1S/C13H18F2N2O/c1-3-4-5-16-13(18)9(2)17-12-7-10(14)6-11(15)8-12/h6-9,17H,3-5H2,1-2H3,(H,16,18). The predicted octanol–water partition coefficient (Wildman–Crippen LogP) is 2.68. The SMILES string of the molecule is CCCCNC(=O)C(C)Nc1cc(F)cc(F)c1. The summed E-state index contributed by atoms with van der Waals surface area (Å²) in [4.78, 5) is 11.6. The molecule has 1 atom stereocenters. The fourth-order valence-electron chi connectivity index (χ4n) is 1.49. The number of benzene rings is 1. The summed E-state index contributed by atoms with van der Waals surface area (Å²) in [5.41, 5.74) is 0.255. The van der Waals surface area contributed by atoms with Crippen LogP contribution in [0.2, 0.25) is 0 Å². The number of amides is 1. The van der Waals surface area contributed by atoms with Crippen LogP contribution in [-0.2, 0) is 4.79 Å². The fraction of sp³-hybridized carbons (Fsp3) is 0.462. The molecule has 0 bridgehead atoms. The third-order valence-electron chi connectivity index (χ3n) is 2.47. The average molecular weight is 256 g/mol. The molecule has 1 aromatic carbocycles. The molecule has 0 radical (unpaired) electrons. The maximum Gasteiger partial charge on any atom is 0.242 e. The normalized spacial score (nSPS) is 12.0. The minimum atomic E-state index is -0.670. The Kier molecular flexibility index (Phi) is 5.55. The summed E-state index contributed by atoms with van der Waals surface area (Å²) in [7, 11) is 0. The second kappa shape index (κ2) is 6.93. The van der Waals surface area contributed by atoms with Crippen molar-refractivity contribution in [3.63, 3.8) is 0 Å². The van der Waals surface area contributed by atoms with Crippen LogP contribution < -0.4 is 10.6 Å². The number of hydrogen-bond acceptors (Lipinski definition) is 2. The van der Waals surface area contributed by atoms with Crippen molar-refractivity contribution in [2.45, 2.75) is 32.7 Å². The zero-order chi connectivity index (χ0) is 13.5. The molecule has 0 aliphatic carbocycles. The van der Waals surface area contributed by atoms with Gasteiger partial charge in [0.1, 0.15) is 17.7 Å². The Labute approximate surface area is 106 Å². The van der Waals surface area contributed by atoms with Gasteiger partial charge in [-0.3, -0.25) is 4.79 Å². The molecule has 1 aromatic rings. The predicted molar refractivity (Wildman–Crippen MR) is 67.4 cm³/mol. The van der Waals surface area contributed by atoms with Crippen LogP contribution in [0, 0.1) is 11.6 Å². The summed E-state index contributed by atoms with van der Waals surface area (Å²) in [6, 6.07) is 2.55. The summed E-state index contributed by atoms with van der Waals surface area (Å²) >= 11 is 0. The summed E-state index contributed by atoms with van der Waals surface area (Å²) in [6.07, 6.45) is 1.91. The first-order valence-corrected chi connectivity index (χ1v) is 6.03. The highest BCUT2D eigenvalue weighted by atomic mass is 19.1. The van der Waals surface area contributed by atoms with Crippen LogP contribution in [0.3, 0.4) is 0 Å². The van der Waals surface area contributed by atoms with Gasteiger partial charge in [-0.2, -0.15) is 0 Å². The average Bonchev–Trinajstić information content (AvgIpc) is 2.27. The van der Waals surface area contributed by atoms with Crippen molar-refractivity contribution < 1.29 is 13.6 Å². The van der Waals surface area contributed by atoms with Gasteiger partial charge in [0.25, 0.3) is 0 Å². The van der Waals surface area contributed by atoms with Crippen LogP contribution >= 0.6 is 0 Å². The molecule has 0 heterocycles. The van der Waals surface area contributed by atoms with E-state index in [9.17, 15) is 13.6 Å². The highest BCUT2D eigenvalue weighted by molar-refractivity contribution is 5.84. The summed E-state index contributed by atoms with van der Waals surface area (Å²) in [5.74, 6) is -1.53. The molecule has 100 valence electrons. The highest BCUT2D eigenvalue weighted by Gasteiger charge is 2.12. The van der Waals surface area contributed by atoms with Crippen LogP contribution in [0.1, 0.15) is 26.7 Å². The largest absolute Gasteiger partial charge is 0.374 e. The summed E-state index contributed by atoms with van der Waals surface area (Å²) in [6.45, 7) is 4.28. The van der Waals surface area contributed by atoms with E-state index in [0.717, 1.165) is 31.0 Å². The third kappa shape index (κ3) is 4.69. The van der Waals surface area contributed by atoms with Gasteiger partial charge in [-0.15, -0.1) is 0 Å². The lowest BCUT2D eigenvalue weighted by Crippen LogP contribution is -2.38. The van der Waals surface area contributed by atoms with Gasteiger partial charge in [-0.05, 0) is 25.5 Å². The Morgan fingerprint density at radius 2 is 1.89 bits per heavy atom. The van der Waals surface area contributed by atoms with Crippen LogP contribution in [-0.4, -0.2) is 18.5 Å². The van der Waals surface area contributed by atoms with E-state index >= 15 is 0 Å². The van der Waals surface area contributed by atoms with Crippen molar-refractivity contribution in [3.8, 4) is 0 Å². The van der Waals surface area contributed by atoms with E-state index in [1.54, 1.807) is 6.92 Å². The molecule has 2 N–H and O–H groups in total. The first-order chi connectivity index (χ1) is 8.52. The molecule has 5 heteroatoms. The Balaban J connectivity index is 2.52. The number of carbonyl (C=O) groups is 1. The van der Waals surface area contributed by atoms with Gasteiger partial charge in [0.15, 0.2) is 0 Å². The van der Waals surface area contributed by atoms with Crippen molar-refractivity contribution in [1.82, 2.24) is 5.32 Å². The minimum Gasteiger partial charge on any atom is -0.374 e. The van der Waals surface area contributed by atoms with Crippen LogP contribution in [0.25, 0.3) is 0 Å². The number of unbranched alkanes of at least 4 members (excludes halogenated alkanes) is 1. The monoisotopic (exact) mass is 256 g/mol. The van der Waals surface area contributed by atoms with Crippen molar-refractivity contribution >= 4 is 11.6 Å². The Morgan fingerprint density at radius 3 is 2.44 bits per heavy atom. The Hall–Kier alpha value is -1.65. The molecular weight excluding hydrogens is 238 g/mol. The lowest BCUT2D eigenvalue weighted by atomic mass is 10.2. The van der Waals surface area contributed by atoms with Crippen molar-refractivity contribution in [2.75, 3.05) is 11.9 Å². The van der Waals surface area contributed by atoms with Gasteiger partial charge < -0.3 is 10.6 Å². The summed E-state index contributed by atoms with van der Waals surface area (Å²) in [5, 5.41) is 5.50. The molecule has 0 spiro atoms. The molecule has 1 rings (SSSR count). The fourth-order valence-corrected chi connectivity index (χ4v) is 1.49. The molecular formula is C13H18F2N2O. The Bertz CT molecular complexity index is 390. The first-order valence-electron chi connectivity index (χ1n) is 6.03. The lowest BCUT2D eigenvalue weighted by molar-refractivity contribution is -0.121. The number of anilines is 1. The van der Waals surface area contributed by atoms with Crippen LogP contribution in [0.5, 0.6) is 0 Å². The number of nitrogens with one attached hydrogen (secondary N) is 2. The highest BCUT2D eigenvalue weighted by Crippen LogP contribution is 2.13. The zero-order valence-electron chi connectivity index (χ0n) is 10.6. The first kappa shape index (κ1) is 14.4. The van der Waals surface area contributed by atoms with E-state index < -0.39 is 17.7 Å². The van der Waals surface area contributed by atoms with Crippen molar-refractivity contribution in [3.05, 3.63) is 29.8 Å². The van der Waals surface area contributed by atoms with Gasteiger partial charge in [-0.1, -0.05) is 13.3 Å². The molecule has 18 heavy (non-hydrogen) atoms. The summed E-state index contributed by atoms with van der Waals surface area (Å²) < 4.78 is 25.9. The van der Waals surface area contributed by atoms with Crippen molar-refractivity contribution in [2.24, 2.45) is 0 Å². The smallest absolute Gasteiger partial charge is 0.242 e. The maximum atomic E-state index is 12.9. The minimum absolute atomic E-state index is 0.187. The lowest BCUT2D eigenvalue weighted by Gasteiger charge is -2.15. The number of halogens is 2. The second-order valence-corrected chi connectivity index (χ2v) is 4.17. The van der Waals surface area contributed by atoms with E-state index in [4.69, 9.17) is 0 Å². The van der Waals surface area contributed by atoms with Gasteiger partial charge in [-0.25, -0.2) is 8.78 Å². The number of hydrogen-bond donors (Lipinski definition) is 2.